The monoisotopic (exact) mass is 381 g/mol. The molecule has 0 saturated heterocycles. The first-order valence-electron chi connectivity index (χ1n) is 7.53. The summed E-state index contributed by atoms with van der Waals surface area (Å²) in [4.78, 5) is 11.6. The highest BCUT2D eigenvalue weighted by atomic mass is 32.2. The van der Waals surface area contributed by atoms with Gasteiger partial charge in [0.15, 0.2) is 17.4 Å². The summed E-state index contributed by atoms with van der Waals surface area (Å²) >= 11 is -2.40. The molecule has 0 bridgehead atoms. The molecule has 0 aliphatic rings. The van der Waals surface area contributed by atoms with Crippen LogP contribution >= 0.6 is 0 Å². The average molecular weight is 381 g/mol. The van der Waals surface area contributed by atoms with E-state index >= 15 is 0 Å². The second-order valence-corrected chi connectivity index (χ2v) is 6.11. The Hall–Kier alpha value is -2.58. The van der Waals surface area contributed by atoms with Gasteiger partial charge in [-0.3, -0.25) is 4.21 Å². The molecule has 5 nitrogen and oxygen atoms in total. The number of benzene rings is 2. The second-order valence-electron chi connectivity index (χ2n) is 5.17. The van der Waals surface area contributed by atoms with Gasteiger partial charge in [0.05, 0.1) is 6.61 Å². The van der Waals surface area contributed by atoms with Crippen LogP contribution in [-0.2, 0) is 20.6 Å². The Bertz CT molecular complexity index is 839. The van der Waals surface area contributed by atoms with E-state index in [0.29, 0.717) is 0 Å². The summed E-state index contributed by atoms with van der Waals surface area (Å²) in [5, 5.41) is 0. The van der Waals surface area contributed by atoms with Crippen molar-refractivity contribution in [2.45, 2.75) is 18.7 Å². The van der Waals surface area contributed by atoms with E-state index in [9.17, 15) is 22.3 Å². The first kappa shape index (κ1) is 19.7. The molecule has 1 unspecified atom stereocenters. The van der Waals surface area contributed by atoms with Crippen molar-refractivity contribution in [1.82, 2.24) is 0 Å². The molecule has 8 heteroatoms. The highest BCUT2D eigenvalue weighted by Gasteiger charge is 2.14. The summed E-state index contributed by atoms with van der Waals surface area (Å²) in [6.07, 6.45) is 1.30. The lowest BCUT2D eigenvalue weighted by Crippen LogP contribution is -2.05. The largest absolute Gasteiger partial charge is 0.768 e. The lowest BCUT2D eigenvalue weighted by Gasteiger charge is -2.10. The second kappa shape index (κ2) is 8.68. The molecule has 0 aliphatic carbocycles. The van der Waals surface area contributed by atoms with E-state index in [1.165, 1.54) is 37.3 Å². The SMILES string of the molecule is CCOC(=O)/C(C)=C/c1cc(F)c(Oc2ccc(S(=O)[O-])cc2)c(F)c1. The molecule has 0 aliphatic heterocycles. The van der Waals surface area contributed by atoms with Gasteiger partial charge in [-0.2, -0.15) is 0 Å². The number of rotatable bonds is 6. The number of carbonyl (C=O) groups excluding carboxylic acids is 1. The fraction of sp³-hybridized carbons (Fsp3) is 0.167. The topological polar surface area (TPSA) is 75.7 Å². The summed E-state index contributed by atoms with van der Waals surface area (Å²) in [6.45, 7) is 3.32. The van der Waals surface area contributed by atoms with Gasteiger partial charge in [0, 0.05) is 10.5 Å². The third-order valence-electron chi connectivity index (χ3n) is 3.24. The van der Waals surface area contributed by atoms with Crippen LogP contribution in [-0.4, -0.2) is 21.3 Å². The predicted octanol–water partition coefficient (Wildman–Crippen LogP) is 3.96. The normalized spacial score (nSPS) is 12.6. The lowest BCUT2D eigenvalue weighted by molar-refractivity contribution is -0.138. The van der Waals surface area contributed by atoms with Gasteiger partial charge in [-0.25, -0.2) is 13.6 Å². The zero-order chi connectivity index (χ0) is 19.3. The summed E-state index contributed by atoms with van der Waals surface area (Å²) in [5.41, 5.74) is 0.329. The molecule has 2 aromatic carbocycles. The Morgan fingerprint density at radius 1 is 1.19 bits per heavy atom. The molecule has 2 aromatic rings. The molecule has 0 aromatic heterocycles. The Balaban J connectivity index is 2.25. The summed E-state index contributed by atoms with van der Waals surface area (Å²) < 4.78 is 59.9. The number of ether oxygens (including phenoxy) is 2. The van der Waals surface area contributed by atoms with Crippen LogP contribution in [0.5, 0.6) is 11.5 Å². The fourth-order valence-corrected chi connectivity index (χ4v) is 2.41. The van der Waals surface area contributed by atoms with Gasteiger partial charge in [0.1, 0.15) is 5.75 Å². The van der Waals surface area contributed by atoms with Crippen molar-refractivity contribution in [3.8, 4) is 11.5 Å². The van der Waals surface area contributed by atoms with Crippen LogP contribution in [0.3, 0.4) is 0 Å². The van der Waals surface area contributed by atoms with Crippen molar-refractivity contribution in [3.05, 3.63) is 59.2 Å². The summed E-state index contributed by atoms with van der Waals surface area (Å²) in [7, 11) is 0. The van der Waals surface area contributed by atoms with Crippen LogP contribution in [0.4, 0.5) is 8.78 Å². The van der Waals surface area contributed by atoms with Crippen molar-refractivity contribution in [3.63, 3.8) is 0 Å². The van der Waals surface area contributed by atoms with E-state index in [0.717, 1.165) is 12.1 Å². The molecule has 0 saturated carbocycles. The molecule has 2 rings (SSSR count). The molecule has 1 atom stereocenters. The van der Waals surface area contributed by atoms with Crippen molar-refractivity contribution in [1.29, 1.82) is 0 Å². The Kier molecular flexibility index (Phi) is 6.59. The minimum atomic E-state index is -2.40. The molecular formula is C18H15F2O5S-. The van der Waals surface area contributed by atoms with E-state index in [4.69, 9.17) is 9.47 Å². The standard InChI is InChI=1S/C18H16F2O5S/c1-3-24-18(21)11(2)8-12-9-15(19)17(16(20)10-12)25-13-4-6-14(7-5-13)26(22)23/h4-10H,3H2,1-2H3,(H,22,23)/p-1/b11-8+. The van der Waals surface area contributed by atoms with Gasteiger partial charge in [-0.15, -0.1) is 0 Å². The van der Waals surface area contributed by atoms with Crippen LogP contribution in [0.2, 0.25) is 0 Å². The van der Waals surface area contributed by atoms with Gasteiger partial charge in [-0.1, -0.05) is 0 Å². The lowest BCUT2D eigenvalue weighted by atomic mass is 10.1. The Labute approximate surface area is 151 Å². The number of esters is 1. The van der Waals surface area contributed by atoms with Gasteiger partial charge in [-0.05, 0) is 73.0 Å². The van der Waals surface area contributed by atoms with Crippen LogP contribution in [0.15, 0.2) is 46.9 Å². The number of hydrogen-bond acceptors (Lipinski definition) is 5. The highest BCUT2D eigenvalue weighted by Crippen LogP contribution is 2.29. The van der Waals surface area contributed by atoms with E-state index < -0.39 is 34.4 Å². The Morgan fingerprint density at radius 2 is 1.77 bits per heavy atom. The molecule has 138 valence electrons. The van der Waals surface area contributed by atoms with Gasteiger partial charge >= 0.3 is 5.97 Å². The molecule has 0 N–H and O–H groups in total. The quantitative estimate of drug-likeness (QED) is 0.430. The fourth-order valence-electron chi connectivity index (χ4n) is 2.05. The third-order valence-corrected chi connectivity index (χ3v) is 3.89. The van der Waals surface area contributed by atoms with Gasteiger partial charge in [0.25, 0.3) is 0 Å². The van der Waals surface area contributed by atoms with Crippen LogP contribution in [0.1, 0.15) is 19.4 Å². The van der Waals surface area contributed by atoms with E-state index in [2.05, 4.69) is 0 Å². The zero-order valence-electron chi connectivity index (χ0n) is 14.0. The molecule has 0 heterocycles. The third kappa shape index (κ3) is 4.96. The highest BCUT2D eigenvalue weighted by molar-refractivity contribution is 7.79. The average Bonchev–Trinajstić information content (AvgIpc) is 2.58. The van der Waals surface area contributed by atoms with Crippen LogP contribution in [0.25, 0.3) is 6.08 Å². The summed E-state index contributed by atoms with van der Waals surface area (Å²) in [5.74, 6) is -3.08. The van der Waals surface area contributed by atoms with Gasteiger partial charge < -0.3 is 14.0 Å². The maximum absolute atomic E-state index is 14.2. The maximum Gasteiger partial charge on any atom is 0.333 e. The molecular weight excluding hydrogens is 366 g/mol. The minimum absolute atomic E-state index is 0.0215. The minimum Gasteiger partial charge on any atom is -0.768 e. The molecule has 0 fully saturated rings. The van der Waals surface area contributed by atoms with Crippen LogP contribution in [0, 0.1) is 11.6 Å². The van der Waals surface area contributed by atoms with Crippen molar-refractivity contribution >= 4 is 23.1 Å². The molecule has 26 heavy (non-hydrogen) atoms. The van der Waals surface area contributed by atoms with Crippen molar-refractivity contribution < 1.29 is 31.8 Å². The smallest absolute Gasteiger partial charge is 0.333 e. The first-order chi connectivity index (χ1) is 12.3. The van der Waals surface area contributed by atoms with Crippen molar-refractivity contribution in [2.75, 3.05) is 6.61 Å². The first-order valence-corrected chi connectivity index (χ1v) is 8.61. The molecule has 0 radical (unpaired) electrons. The van der Waals surface area contributed by atoms with E-state index in [1.807, 2.05) is 0 Å². The Morgan fingerprint density at radius 3 is 2.27 bits per heavy atom. The van der Waals surface area contributed by atoms with Crippen LogP contribution < -0.4 is 4.74 Å². The van der Waals surface area contributed by atoms with Crippen molar-refractivity contribution in [2.24, 2.45) is 0 Å². The maximum atomic E-state index is 14.2. The van der Waals surface area contributed by atoms with E-state index in [1.54, 1.807) is 6.92 Å². The molecule has 0 spiro atoms. The number of hydrogen-bond donors (Lipinski definition) is 0. The predicted molar refractivity (Wildman–Crippen MR) is 90.3 cm³/mol. The zero-order valence-corrected chi connectivity index (χ0v) is 14.8. The summed E-state index contributed by atoms with van der Waals surface area (Å²) in [6, 6.07) is 7.08. The van der Waals surface area contributed by atoms with Gasteiger partial charge in [0.2, 0.25) is 0 Å². The van der Waals surface area contributed by atoms with E-state index in [-0.39, 0.29) is 28.4 Å². The number of carbonyl (C=O) groups is 1. The molecule has 0 amide bonds. The number of halogens is 2.